The van der Waals surface area contributed by atoms with E-state index in [2.05, 4.69) is 388 Å². The highest BCUT2D eigenvalue weighted by atomic mass is 15.0. The lowest BCUT2D eigenvalue weighted by atomic mass is 9.85. The highest BCUT2D eigenvalue weighted by Crippen LogP contribution is 2.48. The second-order valence-electron chi connectivity index (χ2n) is 28.3. The van der Waals surface area contributed by atoms with Crippen molar-refractivity contribution in [3.63, 3.8) is 0 Å². The van der Waals surface area contributed by atoms with E-state index in [1.165, 1.54) is 87.6 Å². The third-order valence-electron chi connectivity index (χ3n) is 22.0. The third kappa shape index (κ3) is 11.0. The summed E-state index contributed by atoms with van der Waals surface area (Å²) in [5, 5.41) is 18.2. The molecule has 0 spiro atoms. The van der Waals surface area contributed by atoms with E-state index in [9.17, 15) is 0 Å². The fourth-order valence-electron chi connectivity index (χ4n) is 16.9. The van der Waals surface area contributed by atoms with E-state index >= 15 is 0 Å². The van der Waals surface area contributed by atoms with Crippen LogP contribution in [0.25, 0.3) is 221 Å². The summed E-state index contributed by atoms with van der Waals surface area (Å²) in [6.07, 6.45) is 0. The Balaban J connectivity index is 0.654. The van der Waals surface area contributed by atoms with Gasteiger partial charge in [-0.2, -0.15) is 0 Å². The molecule has 110 heavy (non-hydrogen) atoms. The van der Waals surface area contributed by atoms with Crippen LogP contribution in [-0.2, 0) is 0 Å². The fraction of sp³-hybridized carbons (Fsp3) is 0. The Morgan fingerprint density at radius 2 is 0.345 bits per heavy atom. The molecule has 0 saturated heterocycles. The third-order valence-corrected chi connectivity index (χ3v) is 22.0. The molecule has 510 valence electrons. The van der Waals surface area contributed by atoms with Crippen LogP contribution in [0.1, 0.15) is 0 Å². The molecule has 0 aliphatic heterocycles. The van der Waals surface area contributed by atoms with Gasteiger partial charge in [0.1, 0.15) is 0 Å². The summed E-state index contributed by atoms with van der Waals surface area (Å²) in [6, 6.07) is 139. The predicted octanol–water partition coefficient (Wildman–Crippen LogP) is 27.3. The number of fused-ring (bicyclic) bond motifs is 8. The molecule has 0 bridgehead atoms. The molecule has 0 saturated carbocycles. The summed E-state index contributed by atoms with van der Waals surface area (Å²) in [6.45, 7) is 0. The molecule has 0 N–H and O–H groups in total. The van der Waals surface area contributed by atoms with Gasteiger partial charge in [-0.15, -0.1) is 0 Å². The standard InChI is InChI=1S/C104H64N6/c1-3-24-65(25-4-1)66-50-52-70(53-51-66)96-87-39-15-17-41-89(87)98(90-42-18-16-40-88(90)96)72-54-58-73(59-55-72)99-105-101(91-46-19-30-67-26-7-9-33-77(67)91)109-103(107-99)93-48-21-32-75-64-76(62-63-80(75)93)79-43-22-45-82-81(79)44-23-49-94(82)104-108-100(106-102(110-104)92-47-20-31-68-27-8-10-34-78(68)92)74-60-56-71(57-61-74)97-85-37-13-11-35-83(85)95(69-28-5-2-6-29-69)84-36-12-14-38-86(84)97/h1-64H. The number of rotatable bonds is 12. The van der Waals surface area contributed by atoms with Gasteiger partial charge in [-0.1, -0.05) is 382 Å². The topological polar surface area (TPSA) is 77.3 Å². The van der Waals surface area contributed by atoms with Gasteiger partial charge in [0.2, 0.25) is 0 Å². The van der Waals surface area contributed by atoms with Gasteiger partial charge in [0.15, 0.2) is 34.9 Å². The summed E-state index contributed by atoms with van der Waals surface area (Å²) in [7, 11) is 0. The second-order valence-corrected chi connectivity index (χ2v) is 28.3. The van der Waals surface area contributed by atoms with E-state index in [0.29, 0.717) is 34.9 Å². The maximum Gasteiger partial charge on any atom is 0.164 e. The van der Waals surface area contributed by atoms with Crippen LogP contribution in [0.5, 0.6) is 0 Å². The molecular formula is C104H64N6. The van der Waals surface area contributed by atoms with E-state index in [4.69, 9.17) is 29.9 Å². The maximum absolute atomic E-state index is 5.44. The molecule has 0 unspecified atom stereocenters. The Morgan fingerprint density at radius 3 is 0.736 bits per heavy atom. The maximum atomic E-state index is 5.44. The number of hydrogen-bond donors (Lipinski definition) is 0. The van der Waals surface area contributed by atoms with Crippen molar-refractivity contribution in [1.29, 1.82) is 0 Å². The van der Waals surface area contributed by atoms with Crippen molar-refractivity contribution in [1.82, 2.24) is 29.9 Å². The van der Waals surface area contributed by atoms with Crippen LogP contribution in [-0.4, -0.2) is 29.9 Å². The summed E-state index contributed by atoms with van der Waals surface area (Å²) in [5.74, 6) is 3.56. The molecule has 0 aliphatic rings. The van der Waals surface area contributed by atoms with E-state index in [1.54, 1.807) is 0 Å². The van der Waals surface area contributed by atoms with Crippen LogP contribution in [0, 0.1) is 0 Å². The SMILES string of the molecule is c1ccc(-c2ccc(-c3c4ccccc4c(-c4ccc(-c5nc(-c6cccc7ccccc67)nc(-c6cccc7cc(-c8cccc9c(-c%10nc(-c%11ccc(-c%12c%13ccccc%13c(-c%13ccccc%13)c%13ccccc%12%13)cc%11)nc(-c%11cccc%12ccccc%11%12)n%10)cccc89)ccc67)n5)cc4)c4ccccc34)cc2)cc1. The first kappa shape index (κ1) is 63.7. The molecule has 0 amide bonds. The molecule has 21 rings (SSSR count). The van der Waals surface area contributed by atoms with Gasteiger partial charge in [0, 0.05) is 33.4 Å². The Labute approximate surface area is 635 Å². The first-order chi connectivity index (χ1) is 54.5. The smallest absolute Gasteiger partial charge is 0.164 e. The van der Waals surface area contributed by atoms with E-state index in [1.807, 2.05) is 0 Å². The lowest BCUT2D eigenvalue weighted by molar-refractivity contribution is 1.08. The fourth-order valence-corrected chi connectivity index (χ4v) is 16.9. The van der Waals surface area contributed by atoms with Crippen molar-refractivity contribution in [3.8, 4) is 135 Å². The lowest BCUT2D eigenvalue weighted by Crippen LogP contribution is -2.01. The van der Waals surface area contributed by atoms with Gasteiger partial charge in [0.25, 0.3) is 0 Å². The average molecular weight is 1400 g/mol. The molecule has 0 atom stereocenters. The second kappa shape index (κ2) is 26.7. The zero-order valence-corrected chi connectivity index (χ0v) is 59.6. The molecule has 0 aliphatic carbocycles. The summed E-state index contributed by atoms with van der Waals surface area (Å²) in [4.78, 5) is 32.5. The zero-order valence-electron chi connectivity index (χ0n) is 59.6. The molecule has 19 aromatic carbocycles. The van der Waals surface area contributed by atoms with E-state index in [0.717, 1.165) is 98.7 Å². The molecule has 2 aromatic heterocycles. The van der Waals surface area contributed by atoms with Gasteiger partial charge >= 0.3 is 0 Å². The molecule has 6 nitrogen and oxygen atoms in total. The van der Waals surface area contributed by atoms with Gasteiger partial charge in [-0.05, 0) is 159 Å². The van der Waals surface area contributed by atoms with Crippen LogP contribution in [0.4, 0.5) is 0 Å². The van der Waals surface area contributed by atoms with Crippen LogP contribution in [0.2, 0.25) is 0 Å². The van der Waals surface area contributed by atoms with Gasteiger partial charge in [-0.25, -0.2) is 29.9 Å². The number of benzene rings is 19. The van der Waals surface area contributed by atoms with Crippen molar-refractivity contribution in [2.45, 2.75) is 0 Å². The van der Waals surface area contributed by atoms with Crippen LogP contribution < -0.4 is 0 Å². The first-order valence-corrected chi connectivity index (χ1v) is 37.4. The monoisotopic (exact) mass is 1400 g/mol. The number of nitrogens with zero attached hydrogens (tertiary/aromatic N) is 6. The molecular weight excluding hydrogens is 1330 g/mol. The van der Waals surface area contributed by atoms with Crippen molar-refractivity contribution in [3.05, 3.63) is 388 Å². The summed E-state index contributed by atoms with van der Waals surface area (Å²) < 4.78 is 0. The lowest BCUT2D eigenvalue weighted by Gasteiger charge is -2.18. The van der Waals surface area contributed by atoms with E-state index < -0.39 is 0 Å². The van der Waals surface area contributed by atoms with Crippen LogP contribution in [0.15, 0.2) is 388 Å². The van der Waals surface area contributed by atoms with Crippen LogP contribution in [0.3, 0.4) is 0 Å². The minimum atomic E-state index is 0.588. The molecule has 2 heterocycles. The Kier molecular flexibility index (Phi) is 15.5. The van der Waals surface area contributed by atoms with Crippen LogP contribution >= 0.6 is 0 Å². The Hall–Kier alpha value is -14.7. The molecule has 21 aromatic rings. The largest absolute Gasteiger partial charge is 0.208 e. The summed E-state index contributed by atoms with van der Waals surface area (Å²) >= 11 is 0. The minimum absolute atomic E-state index is 0.588. The van der Waals surface area contributed by atoms with Gasteiger partial charge in [0.05, 0.1) is 0 Å². The van der Waals surface area contributed by atoms with Crippen molar-refractivity contribution in [2.75, 3.05) is 0 Å². The number of aromatic nitrogens is 6. The Morgan fingerprint density at radius 1 is 0.118 bits per heavy atom. The van der Waals surface area contributed by atoms with Crippen molar-refractivity contribution in [2.24, 2.45) is 0 Å². The van der Waals surface area contributed by atoms with Gasteiger partial charge in [-0.3, -0.25) is 0 Å². The molecule has 0 radical (unpaired) electrons. The summed E-state index contributed by atoms with van der Waals surface area (Å²) in [5.41, 5.74) is 19.5. The van der Waals surface area contributed by atoms with E-state index in [-0.39, 0.29) is 0 Å². The molecule has 6 heteroatoms. The Bertz CT molecular complexity index is 7120. The van der Waals surface area contributed by atoms with Crippen molar-refractivity contribution < 1.29 is 0 Å². The quantitative estimate of drug-likeness (QED) is 0.113. The molecule has 0 fully saturated rings. The first-order valence-electron chi connectivity index (χ1n) is 37.4. The average Bonchev–Trinajstić information content (AvgIpc) is 0.734. The van der Waals surface area contributed by atoms with Gasteiger partial charge < -0.3 is 0 Å². The normalized spacial score (nSPS) is 11.6. The number of hydrogen-bond acceptors (Lipinski definition) is 6. The predicted molar refractivity (Wildman–Crippen MR) is 458 cm³/mol. The zero-order chi connectivity index (χ0) is 72.6. The highest BCUT2D eigenvalue weighted by molar-refractivity contribution is 6.23. The minimum Gasteiger partial charge on any atom is -0.208 e. The van der Waals surface area contributed by atoms with Crippen molar-refractivity contribution >= 4 is 86.2 Å². The highest BCUT2D eigenvalue weighted by Gasteiger charge is 2.24.